The van der Waals surface area contributed by atoms with Crippen molar-refractivity contribution in [2.75, 3.05) is 34.4 Å². The molecule has 3 rings (SSSR count). The zero-order valence-corrected chi connectivity index (χ0v) is 21.2. The first-order valence-corrected chi connectivity index (χ1v) is 12.6. The fraction of sp³-hybridized carbons (Fsp3) is 0.480. The van der Waals surface area contributed by atoms with E-state index in [2.05, 4.69) is 6.92 Å². The van der Waals surface area contributed by atoms with Crippen molar-refractivity contribution >= 4 is 15.9 Å². The Morgan fingerprint density at radius 3 is 2.36 bits per heavy atom. The summed E-state index contributed by atoms with van der Waals surface area (Å²) in [6.07, 6.45) is 1.70. The zero-order chi connectivity index (χ0) is 24.3. The standard InChI is InChI=1S/C25H34N2O5S/c1-17-9-11-27(12-10-17)33(29,30)24-14-21(13-18(2)19(24)3)25(28)26(4)16-20-7-8-22(31-5)15-23(20)32-6/h7-8,13-15,17H,9-12,16H2,1-6H3. The Bertz CT molecular complexity index is 1120. The number of amides is 1. The maximum atomic E-state index is 13.4. The molecule has 8 heteroatoms. The Kier molecular flexibility index (Phi) is 7.69. The molecule has 1 aliphatic heterocycles. The van der Waals surface area contributed by atoms with Crippen LogP contribution in [0.1, 0.15) is 46.8 Å². The van der Waals surface area contributed by atoms with Gasteiger partial charge in [0.15, 0.2) is 0 Å². The van der Waals surface area contributed by atoms with Gasteiger partial charge in [0.05, 0.1) is 19.1 Å². The normalized spacial score (nSPS) is 15.3. The molecule has 1 aliphatic rings. The van der Waals surface area contributed by atoms with Gasteiger partial charge in [-0.2, -0.15) is 4.31 Å². The Labute approximate surface area is 197 Å². The highest BCUT2D eigenvalue weighted by atomic mass is 32.2. The molecule has 0 bridgehead atoms. The van der Waals surface area contributed by atoms with Crippen LogP contribution in [0.3, 0.4) is 0 Å². The van der Waals surface area contributed by atoms with Crippen LogP contribution in [0.15, 0.2) is 35.2 Å². The first-order valence-electron chi connectivity index (χ1n) is 11.2. The number of piperidine rings is 1. The van der Waals surface area contributed by atoms with Crippen molar-refractivity contribution in [1.82, 2.24) is 9.21 Å². The van der Waals surface area contributed by atoms with E-state index in [4.69, 9.17) is 9.47 Å². The Morgan fingerprint density at radius 1 is 1.09 bits per heavy atom. The predicted octanol–water partition coefficient (Wildman–Crippen LogP) is 4.01. The van der Waals surface area contributed by atoms with Crippen molar-refractivity contribution < 1.29 is 22.7 Å². The van der Waals surface area contributed by atoms with Gasteiger partial charge in [0.1, 0.15) is 11.5 Å². The van der Waals surface area contributed by atoms with Crippen molar-refractivity contribution in [3.05, 3.63) is 52.6 Å². The van der Waals surface area contributed by atoms with E-state index in [1.807, 2.05) is 19.1 Å². The molecule has 2 aromatic rings. The summed E-state index contributed by atoms with van der Waals surface area (Å²) >= 11 is 0. The predicted molar refractivity (Wildman–Crippen MR) is 128 cm³/mol. The summed E-state index contributed by atoms with van der Waals surface area (Å²) in [5, 5.41) is 0. The van der Waals surface area contributed by atoms with E-state index in [1.54, 1.807) is 49.5 Å². The van der Waals surface area contributed by atoms with Crippen LogP contribution < -0.4 is 9.47 Å². The van der Waals surface area contributed by atoms with Crippen LogP contribution in [0.2, 0.25) is 0 Å². The average Bonchev–Trinajstić information content (AvgIpc) is 2.80. The number of benzene rings is 2. The van der Waals surface area contributed by atoms with E-state index >= 15 is 0 Å². The highest BCUT2D eigenvalue weighted by Gasteiger charge is 2.30. The maximum absolute atomic E-state index is 13.4. The van der Waals surface area contributed by atoms with Crippen molar-refractivity contribution in [2.24, 2.45) is 5.92 Å². The van der Waals surface area contributed by atoms with Gasteiger partial charge >= 0.3 is 0 Å². The highest BCUT2D eigenvalue weighted by molar-refractivity contribution is 7.89. The molecular weight excluding hydrogens is 440 g/mol. The van der Waals surface area contributed by atoms with Gasteiger partial charge in [0.25, 0.3) is 5.91 Å². The summed E-state index contributed by atoms with van der Waals surface area (Å²) < 4.78 is 39.1. The molecule has 0 spiro atoms. The highest BCUT2D eigenvalue weighted by Crippen LogP contribution is 2.29. The minimum absolute atomic E-state index is 0.218. The molecule has 1 amide bonds. The summed E-state index contributed by atoms with van der Waals surface area (Å²) in [5.74, 6) is 1.56. The van der Waals surface area contributed by atoms with E-state index in [-0.39, 0.29) is 10.8 Å². The monoisotopic (exact) mass is 474 g/mol. The van der Waals surface area contributed by atoms with Crippen molar-refractivity contribution in [1.29, 1.82) is 0 Å². The molecule has 0 atom stereocenters. The number of rotatable bonds is 7. The summed E-state index contributed by atoms with van der Waals surface area (Å²) in [5.41, 5.74) is 2.65. The third kappa shape index (κ3) is 5.33. The van der Waals surface area contributed by atoms with Gasteiger partial charge < -0.3 is 14.4 Å². The molecule has 1 saturated heterocycles. The number of nitrogens with zero attached hydrogens (tertiary/aromatic N) is 2. The number of hydrogen-bond donors (Lipinski definition) is 0. The quantitative estimate of drug-likeness (QED) is 0.606. The average molecular weight is 475 g/mol. The van der Waals surface area contributed by atoms with E-state index in [1.165, 1.54) is 6.07 Å². The van der Waals surface area contributed by atoms with Crippen molar-refractivity contribution in [3.8, 4) is 11.5 Å². The molecule has 0 N–H and O–H groups in total. The molecule has 0 unspecified atom stereocenters. The third-order valence-electron chi connectivity index (χ3n) is 6.48. The molecule has 7 nitrogen and oxygen atoms in total. The molecule has 0 saturated carbocycles. The summed E-state index contributed by atoms with van der Waals surface area (Å²) in [4.78, 5) is 15.1. The molecule has 1 heterocycles. The topological polar surface area (TPSA) is 76.2 Å². The fourth-order valence-corrected chi connectivity index (χ4v) is 5.91. The molecule has 0 aliphatic carbocycles. The fourth-order valence-electron chi connectivity index (χ4n) is 4.11. The lowest BCUT2D eigenvalue weighted by Crippen LogP contribution is -2.38. The van der Waals surface area contributed by atoms with Crippen LogP contribution in [0.5, 0.6) is 11.5 Å². The SMILES string of the molecule is COc1ccc(CN(C)C(=O)c2cc(C)c(C)c(S(=O)(=O)N3CCC(C)CC3)c2)c(OC)c1. The zero-order valence-electron chi connectivity index (χ0n) is 20.3. The van der Waals surface area contributed by atoms with E-state index < -0.39 is 10.0 Å². The second kappa shape index (κ2) is 10.1. The minimum Gasteiger partial charge on any atom is -0.497 e. The number of carbonyl (C=O) groups excluding carboxylic acids is 1. The van der Waals surface area contributed by atoms with Gasteiger partial charge in [0.2, 0.25) is 10.0 Å². The third-order valence-corrected chi connectivity index (χ3v) is 8.50. The largest absolute Gasteiger partial charge is 0.497 e. The van der Waals surface area contributed by atoms with Gasteiger partial charge in [-0.25, -0.2) is 8.42 Å². The Hall–Kier alpha value is -2.58. The number of ether oxygens (including phenoxy) is 2. The Balaban J connectivity index is 1.89. The lowest BCUT2D eigenvalue weighted by Gasteiger charge is -2.30. The molecule has 0 aromatic heterocycles. The van der Waals surface area contributed by atoms with Gasteiger partial charge in [-0.15, -0.1) is 0 Å². The van der Waals surface area contributed by atoms with Crippen LogP contribution in [0.25, 0.3) is 0 Å². The molecule has 2 aromatic carbocycles. The lowest BCUT2D eigenvalue weighted by atomic mass is 10.0. The Morgan fingerprint density at radius 2 is 1.76 bits per heavy atom. The smallest absolute Gasteiger partial charge is 0.253 e. The molecule has 180 valence electrons. The van der Waals surface area contributed by atoms with Crippen LogP contribution in [-0.2, 0) is 16.6 Å². The first kappa shape index (κ1) is 25.1. The number of hydrogen-bond acceptors (Lipinski definition) is 5. The number of sulfonamides is 1. The second-order valence-corrected chi connectivity index (χ2v) is 10.7. The molecular formula is C25H34N2O5S. The van der Waals surface area contributed by atoms with Gasteiger partial charge in [-0.05, 0) is 68.0 Å². The molecule has 1 fully saturated rings. The van der Waals surface area contributed by atoms with Crippen LogP contribution in [-0.4, -0.2) is 57.9 Å². The van der Waals surface area contributed by atoms with Crippen LogP contribution in [0, 0.1) is 19.8 Å². The number of aryl methyl sites for hydroxylation is 1. The van der Waals surface area contributed by atoms with Crippen LogP contribution in [0.4, 0.5) is 0 Å². The van der Waals surface area contributed by atoms with Crippen molar-refractivity contribution in [2.45, 2.75) is 45.1 Å². The van der Waals surface area contributed by atoms with E-state index in [9.17, 15) is 13.2 Å². The first-order chi connectivity index (χ1) is 15.6. The lowest BCUT2D eigenvalue weighted by molar-refractivity contribution is 0.0784. The van der Waals surface area contributed by atoms with Gasteiger partial charge in [-0.1, -0.05) is 6.92 Å². The maximum Gasteiger partial charge on any atom is 0.253 e. The van der Waals surface area contributed by atoms with Gasteiger partial charge in [-0.3, -0.25) is 4.79 Å². The van der Waals surface area contributed by atoms with E-state index in [0.717, 1.165) is 24.0 Å². The number of methoxy groups -OCH3 is 2. The van der Waals surface area contributed by atoms with Crippen molar-refractivity contribution in [3.63, 3.8) is 0 Å². The van der Waals surface area contributed by atoms with E-state index in [0.29, 0.717) is 48.2 Å². The molecule has 33 heavy (non-hydrogen) atoms. The van der Waals surface area contributed by atoms with Crippen LogP contribution >= 0.6 is 0 Å². The summed E-state index contributed by atoms with van der Waals surface area (Å²) in [6, 6.07) is 8.73. The minimum atomic E-state index is -3.67. The summed E-state index contributed by atoms with van der Waals surface area (Å²) in [7, 11) is 1.18. The number of carbonyl (C=O) groups is 1. The van der Waals surface area contributed by atoms with Gasteiger partial charge in [0, 0.05) is 43.9 Å². The molecule has 0 radical (unpaired) electrons. The second-order valence-electron chi connectivity index (χ2n) is 8.84. The summed E-state index contributed by atoms with van der Waals surface area (Å²) in [6.45, 7) is 7.12.